The number of anilines is 1. The van der Waals surface area contributed by atoms with Crippen molar-refractivity contribution < 1.29 is 22.7 Å². The highest BCUT2D eigenvalue weighted by Crippen LogP contribution is 2.23. The number of benzene rings is 2. The molecule has 0 fully saturated rings. The average Bonchev–Trinajstić information content (AvgIpc) is 2.64. The first kappa shape index (κ1) is 22.7. The number of carbonyl (C=O) groups excluding carboxylic acids is 1. The SMILES string of the molecule is COc1cc(CCC(=O)Nc2cccc(S(=O)(=O)NC(C)(C)C)c2)cc(OC)c1. The van der Waals surface area contributed by atoms with Crippen molar-refractivity contribution in [2.24, 2.45) is 0 Å². The van der Waals surface area contributed by atoms with Gasteiger partial charge in [-0.15, -0.1) is 0 Å². The van der Waals surface area contributed by atoms with Gasteiger partial charge in [-0.05, 0) is 63.1 Å². The van der Waals surface area contributed by atoms with Gasteiger partial charge in [-0.2, -0.15) is 0 Å². The summed E-state index contributed by atoms with van der Waals surface area (Å²) in [6, 6.07) is 11.7. The van der Waals surface area contributed by atoms with Gasteiger partial charge in [0.25, 0.3) is 0 Å². The molecule has 0 bridgehead atoms. The maximum Gasteiger partial charge on any atom is 0.241 e. The Hall–Kier alpha value is -2.58. The van der Waals surface area contributed by atoms with Crippen LogP contribution in [0.4, 0.5) is 5.69 Å². The fourth-order valence-electron chi connectivity index (χ4n) is 2.70. The van der Waals surface area contributed by atoms with Gasteiger partial charge in [0, 0.05) is 23.7 Å². The largest absolute Gasteiger partial charge is 0.497 e. The smallest absolute Gasteiger partial charge is 0.241 e. The maximum atomic E-state index is 12.5. The summed E-state index contributed by atoms with van der Waals surface area (Å²) in [6.45, 7) is 5.30. The summed E-state index contributed by atoms with van der Waals surface area (Å²) in [7, 11) is -0.536. The number of nitrogens with one attached hydrogen (secondary N) is 2. The third kappa shape index (κ3) is 7.07. The Labute approximate surface area is 172 Å². The van der Waals surface area contributed by atoms with Gasteiger partial charge < -0.3 is 14.8 Å². The molecule has 2 aromatic carbocycles. The number of hydrogen-bond donors (Lipinski definition) is 2. The summed E-state index contributed by atoms with van der Waals surface area (Å²) < 4.78 is 38.0. The lowest BCUT2D eigenvalue weighted by atomic mass is 10.1. The van der Waals surface area contributed by atoms with E-state index < -0.39 is 15.6 Å². The first-order chi connectivity index (χ1) is 13.5. The Balaban J connectivity index is 2.05. The van der Waals surface area contributed by atoms with Crippen molar-refractivity contribution >= 4 is 21.6 Å². The van der Waals surface area contributed by atoms with Gasteiger partial charge in [0.2, 0.25) is 15.9 Å². The molecule has 2 N–H and O–H groups in total. The number of amides is 1. The predicted molar refractivity (Wildman–Crippen MR) is 113 cm³/mol. The van der Waals surface area contributed by atoms with Crippen LogP contribution in [-0.4, -0.2) is 34.1 Å². The van der Waals surface area contributed by atoms with Crippen molar-refractivity contribution in [1.82, 2.24) is 4.72 Å². The lowest BCUT2D eigenvalue weighted by Gasteiger charge is -2.20. The minimum Gasteiger partial charge on any atom is -0.497 e. The van der Waals surface area contributed by atoms with Crippen LogP contribution in [-0.2, 0) is 21.2 Å². The third-order valence-corrected chi connectivity index (χ3v) is 5.68. The highest BCUT2D eigenvalue weighted by Gasteiger charge is 2.22. The van der Waals surface area contributed by atoms with E-state index in [1.165, 1.54) is 12.1 Å². The van der Waals surface area contributed by atoms with Crippen LogP contribution in [0.25, 0.3) is 0 Å². The zero-order valence-electron chi connectivity index (χ0n) is 17.4. The molecule has 0 radical (unpaired) electrons. The Morgan fingerprint density at radius 3 is 2.17 bits per heavy atom. The van der Waals surface area contributed by atoms with Crippen molar-refractivity contribution in [1.29, 1.82) is 0 Å². The van der Waals surface area contributed by atoms with E-state index in [1.54, 1.807) is 53.2 Å². The summed E-state index contributed by atoms with van der Waals surface area (Å²) in [6.07, 6.45) is 0.719. The molecule has 0 unspecified atom stereocenters. The van der Waals surface area contributed by atoms with Crippen molar-refractivity contribution in [3.8, 4) is 11.5 Å². The molecule has 0 heterocycles. The zero-order valence-corrected chi connectivity index (χ0v) is 18.2. The van der Waals surface area contributed by atoms with E-state index in [1.807, 2.05) is 12.1 Å². The van der Waals surface area contributed by atoms with Crippen molar-refractivity contribution in [3.63, 3.8) is 0 Å². The van der Waals surface area contributed by atoms with E-state index in [0.717, 1.165) is 5.56 Å². The molecule has 2 rings (SSSR count). The van der Waals surface area contributed by atoms with Crippen molar-refractivity contribution in [2.45, 2.75) is 44.0 Å². The van der Waals surface area contributed by atoms with Gasteiger partial charge in [-0.3, -0.25) is 4.79 Å². The molecule has 2 aromatic rings. The van der Waals surface area contributed by atoms with Crippen LogP contribution in [0, 0.1) is 0 Å². The fourth-order valence-corrected chi connectivity index (χ4v) is 4.16. The minimum atomic E-state index is -3.68. The van der Waals surface area contributed by atoms with E-state index in [0.29, 0.717) is 23.6 Å². The molecule has 158 valence electrons. The number of methoxy groups -OCH3 is 2. The highest BCUT2D eigenvalue weighted by atomic mass is 32.2. The summed E-state index contributed by atoms with van der Waals surface area (Å²) >= 11 is 0. The minimum absolute atomic E-state index is 0.0998. The van der Waals surface area contributed by atoms with Crippen LogP contribution >= 0.6 is 0 Å². The first-order valence-corrected chi connectivity index (χ1v) is 10.7. The van der Waals surface area contributed by atoms with Crippen LogP contribution in [0.1, 0.15) is 32.8 Å². The molecule has 29 heavy (non-hydrogen) atoms. The van der Waals surface area contributed by atoms with E-state index >= 15 is 0 Å². The summed E-state index contributed by atoms with van der Waals surface area (Å²) in [4.78, 5) is 12.4. The van der Waals surface area contributed by atoms with E-state index in [9.17, 15) is 13.2 Å². The summed E-state index contributed by atoms with van der Waals surface area (Å²) in [5.74, 6) is 1.10. The second-order valence-electron chi connectivity index (χ2n) is 7.65. The molecule has 0 spiro atoms. The number of ether oxygens (including phenoxy) is 2. The second-order valence-corrected chi connectivity index (χ2v) is 9.33. The summed E-state index contributed by atoms with van der Waals surface area (Å²) in [5, 5.41) is 2.75. The Morgan fingerprint density at radius 1 is 1.00 bits per heavy atom. The molecule has 0 saturated carbocycles. The molecule has 0 aliphatic heterocycles. The van der Waals surface area contributed by atoms with Crippen molar-refractivity contribution in [3.05, 3.63) is 48.0 Å². The van der Waals surface area contributed by atoms with E-state index in [4.69, 9.17) is 9.47 Å². The van der Waals surface area contributed by atoms with Gasteiger partial charge >= 0.3 is 0 Å². The number of hydrogen-bond acceptors (Lipinski definition) is 5. The molecule has 0 saturated heterocycles. The fraction of sp³-hybridized carbons (Fsp3) is 0.381. The van der Waals surface area contributed by atoms with Gasteiger partial charge in [0.15, 0.2) is 0 Å². The van der Waals surface area contributed by atoms with Crippen LogP contribution in [0.15, 0.2) is 47.4 Å². The number of rotatable bonds is 8. The van der Waals surface area contributed by atoms with Crippen LogP contribution in [0.2, 0.25) is 0 Å². The molecule has 0 aliphatic carbocycles. The molecule has 8 heteroatoms. The Kier molecular flexibility index (Phi) is 7.26. The number of carbonyl (C=O) groups is 1. The van der Waals surface area contributed by atoms with E-state index in [2.05, 4.69) is 10.0 Å². The summed E-state index contributed by atoms with van der Waals surface area (Å²) in [5.41, 5.74) is 0.729. The van der Waals surface area contributed by atoms with E-state index in [-0.39, 0.29) is 17.2 Å². The maximum absolute atomic E-state index is 12.5. The molecule has 1 amide bonds. The van der Waals surface area contributed by atoms with Crippen molar-refractivity contribution in [2.75, 3.05) is 19.5 Å². The highest BCUT2D eigenvalue weighted by molar-refractivity contribution is 7.89. The second kappa shape index (κ2) is 9.28. The molecule has 0 aliphatic rings. The Bertz CT molecular complexity index is 943. The molecule has 7 nitrogen and oxygen atoms in total. The molecule has 0 aromatic heterocycles. The standard InChI is InChI=1S/C21H28N2O5S/c1-21(2,3)23-29(25,26)19-8-6-7-16(13-19)22-20(24)10-9-15-11-17(27-4)14-18(12-15)28-5/h6-8,11-14,23H,9-10H2,1-5H3,(H,22,24). The monoisotopic (exact) mass is 420 g/mol. The number of sulfonamides is 1. The van der Waals surface area contributed by atoms with Crippen LogP contribution in [0.5, 0.6) is 11.5 Å². The number of aryl methyl sites for hydroxylation is 1. The predicted octanol–water partition coefficient (Wildman–Crippen LogP) is 3.35. The third-order valence-electron chi connectivity index (χ3n) is 3.92. The van der Waals surface area contributed by atoms with Crippen LogP contribution < -0.4 is 19.5 Å². The average molecular weight is 421 g/mol. The normalized spacial score (nSPS) is 11.8. The van der Waals surface area contributed by atoms with Gasteiger partial charge in [0.05, 0.1) is 19.1 Å². The quantitative estimate of drug-likeness (QED) is 0.683. The Morgan fingerprint density at radius 2 is 1.62 bits per heavy atom. The zero-order chi connectivity index (χ0) is 21.7. The molecule has 0 atom stereocenters. The van der Waals surface area contributed by atoms with Crippen LogP contribution in [0.3, 0.4) is 0 Å². The lowest BCUT2D eigenvalue weighted by molar-refractivity contribution is -0.116. The lowest BCUT2D eigenvalue weighted by Crippen LogP contribution is -2.40. The molecular weight excluding hydrogens is 392 g/mol. The van der Waals surface area contributed by atoms with Gasteiger partial charge in [-0.1, -0.05) is 6.07 Å². The topological polar surface area (TPSA) is 93.7 Å². The van der Waals surface area contributed by atoms with Gasteiger partial charge in [0.1, 0.15) is 11.5 Å². The van der Waals surface area contributed by atoms with Gasteiger partial charge in [-0.25, -0.2) is 13.1 Å². The molecular formula is C21H28N2O5S. The first-order valence-electron chi connectivity index (χ1n) is 9.18.